The molecule has 21 heavy (non-hydrogen) atoms. The first-order valence-corrected chi connectivity index (χ1v) is 7.79. The van der Waals surface area contributed by atoms with E-state index in [0.29, 0.717) is 5.76 Å². The highest BCUT2D eigenvalue weighted by Gasteiger charge is 2.22. The van der Waals surface area contributed by atoms with Crippen molar-refractivity contribution in [3.05, 3.63) is 53.2 Å². The highest BCUT2D eigenvalue weighted by Crippen LogP contribution is 2.22. The second-order valence-corrected chi connectivity index (χ2v) is 6.44. The monoisotopic (exact) mass is 313 g/mol. The number of benzene rings is 1. The van der Waals surface area contributed by atoms with Gasteiger partial charge in [-0.15, -0.1) is 0 Å². The Bertz CT molecular complexity index is 726. The number of nitrogens with one attached hydrogen (secondary N) is 1. The summed E-state index contributed by atoms with van der Waals surface area (Å²) >= 11 is 0. The number of aliphatic hydroxyl groups is 1. The van der Waals surface area contributed by atoms with Crippen LogP contribution in [0.5, 0.6) is 0 Å². The zero-order valence-corrected chi connectivity index (χ0v) is 12.4. The molecule has 1 unspecified atom stereocenters. The maximum absolute atomic E-state index is 13.7. The number of hydrogen-bond acceptors (Lipinski definition) is 4. The summed E-state index contributed by atoms with van der Waals surface area (Å²) in [4.78, 5) is -0.0937. The Hall–Kier alpha value is -1.70. The van der Waals surface area contributed by atoms with E-state index in [1.54, 1.807) is 19.1 Å². The van der Waals surface area contributed by atoms with Gasteiger partial charge in [0.1, 0.15) is 11.6 Å². The lowest BCUT2D eigenvalue weighted by atomic mass is 10.1. The van der Waals surface area contributed by atoms with E-state index in [2.05, 4.69) is 4.72 Å². The van der Waals surface area contributed by atoms with Crippen molar-refractivity contribution in [1.82, 2.24) is 4.72 Å². The molecule has 7 heteroatoms. The number of hydrogen-bond donors (Lipinski definition) is 2. The molecule has 2 rings (SSSR count). The molecule has 0 aliphatic heterocycles. The summed E-state index contributed by atoms with van der Waals surface area (Å²) in [5.74, 6) is -0.129. The van der Waals surface area contributed by atoms with Crippen molar-refractivity contribution in [3.63, 3.8) is 0 Å². The van der Waals surface area contributed by atoms with Gasteiger partial charge in [0.25, 0.3) is 0 Å². The number of furan rings is 1. The standard InChI is InChI=1S/C14H16FNO4S/c1-9-6-12(7-11(8-17)14(9)15)21(18,19)16-10(2)13-4-3-5-20-13/h3-7,10,16-17H,8H2,1-2H3. The fourth-order valence-electron chi connectivity index (χ4n) is 1.97. The van der Waals surface area contributed by atoms with Crippen molar-refractivity contribution in [1.29, 1.82) is 0 Å². The number of sulfonamides is 1. The lowest BCUT2D eigenvalue weighted by Gasteiger charge is -2.14. The van der Waals surface area contributed by atoms with Crippen LogP contribution < -0.4 is 4.72 Å². The number of aliphatic hydroxyl groups excluding tert-OH is 1. The summed E-state index contributed by atoms with van der Waals surface area (Å²) in [6.07, 6.45) is 1.45. The molecule has 0 saturated heterocycles. The fourth-order valence-corrected chi connectivity index (χ4v) is 3.32. The second kappa shape index (κ2) is 5.97. The first-order valence-electron chi connectivity index (χ1n) is 6.30. The average molecular weight is 313 g/mol. The van der Waals surface area contributed by atoms with Gasteiger partial charge in [-0.25, -0.2) is 17.5 Å². The minimum absolute atomic E-state index is 0.0546. The molecule has 1 aromatic heterocycles. The van der Waals surface area contributed by atoms with Gasteiger partial charge in [-0.3, -0.25) is 0 Å². The Morgan fingerprint density at radius 2 is 2.14 bits per heavy atom. The number of aryl methyl sites for hydroxylation is 1. The van der Waals surface area contributed by atoms with Gasteiger partial charge in [0.2, 0.25) is 10.0 Å². The molecule has 0 saturated carbocycles. The minimum atomic E-state index is -3.85. The van der Waals surface area contributed by atoms with Crippen molar-refractivity contribution >= 4 is 10.0 Å². The molecule has 0 amide bonds. The van der Waals surface area contributed by atoms with Crippen LogP contribution in [-0.2, 0) is 16.6 Å². The molecule has 0 radical (unpaired) electrons. The molecule has 0 bridgehead atoms. The summed E-state index contributed by atoms with van der Waals surface area (Å²) < 4.78 is 45.9. The molecule has 114 valence electrons. The molecule has 1 heterocycles. The topological polar surface area (TPSA) is 79.5 Å². The van der Waals surface area contributed by atoms with Crippen molar-refractivity contribution in [2.45, 2.75) is 31.4 Å². The average Bonchev–Trinajstić information content (AvgIpc) is 2.95. The lowest BCUT2D eigenvalue weighted by Crippen LogP contribution is -2.27. The van der Waals surface area contributed by atoms with E-state index in [1.807, 2.05) is 0 Å². The molecule has 2 N–H and O–H groups in total. The molecule has 2 aromatic rings. The third kappa shape index (κ3) is 3.31. The maximum atomic E-state index is 13.7. The summed E-state index contributed by atoms with van der Waals surface area (Å²) in [5.41, 5.74) is 0.105. The molecule has 1 atom stereocenters. The minimum Gasteiger partial charge on any atom is -0.468 e. The van der Waals surface area contributed by atoms with E-state index in [4.69, 9.17) is 9.52 Å². The molecule has 0 spiro atoms. The largest absolute Gasteiger partial charge is 0.468 e. The SMILES string of the molecule is Cc1cc(S(=O)(=O)NC(C)c2ccco2)cc(CO)c1F. The zero-order chi connectivity index (χ0) is 15.6. The Morgan fingerprint density at radius 3 is 2.71 bits per heavy atom. The van der Waals surface area contributed by atoms with Crippen molar-refractivity contribution in [3.8, 4) is 0 Å². The molecular formula is C14H16FNO4S. The van der Waals surface area contributed by atoms with E-state index in [0.717, 1.165) is 6.07 Å². The van der Waals surface area contributed by atoms with Gasteiger partial charge in [0, 0.05) is 5.56 Å². The van der Waals surface area contributed by atoms with Gasteiger partial charge < -0.3 is 9.52 Å². The molecule has 1 aromatic carbocycles. The number of rotatable bonds is 5. The van der Waals surface area contributed by atoms with Crippen molar-refractivity contribution in [2.24, 2.45) is 0 Å². The Labute approximate surface area is 122 Å². The van der Waals surface area contributed by atoms with Crippen molar-refractivity contribution < 1.29 is 22.3 Å². The van der Waals surface area contributed by atoms with Crippen LogP contribution in [0.2, 0.25) is 0 Å². The summed E-state index contributed by atoms with van der Waals surface area (Å²) in [7, 11) is -3.85. The normalized spacial score (nSPS) is 13.3. The van der Waals surface area contributed by atoms with Gasteiger partial charge >= 0.3 is 0 Å². The predicted molar refractivity (Wildman–Crippen MR) is 74.5 cm³/mol. The van der Waals surface area contributed by atoms with Crippen LogP contribution in [0.25, 0.3) is 0 Å². The zero-order valence-electron chi connectivity index (χ0n) is 11.6. The fraction of sp³-hybridized carbons (Fsp3) is 0.286. The first-order chi connectivity index (χ1) is 9.85. The van der Waals surface area contributed by atoms with E-state index in [9.17, 15) is 12.8 Å². The van der Waals surface area contributed by atoms with Crippen LogP contribution in [0, 0.1) is 12.7 Å². The first kappa shape index (κ1) is 15.7. The number of halogens is 1. The molecule has 0 aliphatic rings. The third-order valence-electron chi connectivity index (χ3n) is 3.09. The van der Waals surface area contributed by atoms with E-state index in [1.165, 1.54) is 19.3 Å². The van der Waals surface area contributed by atoms with Gasteiger partial charge in [-0.05, 0) is 43.7 Å². The third-order valence-corrected chi connectivity index (χ3v) is 4.61. The highest BCUT2D eigenvalue weighted by atomic mass is 32.2. The Balaban J connectivity index is 2.34. The van der Waals surface area contributed by atoms with Crippen LogP contribution in [0.1, 0.15) is 29.9 Å². The Kier molecular flexibility index (Phi) is 4.46. The van der Waals surface area contributed by atoms with Crippen molar-refractivity contribution in [2.75, 3.05) is 0 Å². The van der Waals surface area contributed by atoms with Crippen LogP contribution in [0.15, 0.2) is 39.8 Å². The van der Waals surface area contributed by atoms with E-state index < -0.39 is 28.5 Å². The van der Waals surface area contributed by atoms with Crippen LogP contribution in [0.3, 0.4) is 0 Å². The van der Waals surface area contributed by atoms with Crippen LogP contribution >= 0.6 is 0 Å². The van der Waals surface area contributed by atoms with Gasteiger partial charge in [-0.2, -0.15) is 0 Å². The highest BCUT2D eigenvalue weighted by molar-refractivity contribution is 7.89. The van der Waals surface area contributed by atoms with Gasteiger partial charge in [-0.1, -0.05) is 0 Å². The Morgan fingerprint density at radius 1 is 1.43 bits per heavy atom. The summed E-state index contributed by atoms with van der Waals surface area (Å²) in [6, 6.07) is 5.10. The molecule has 0 fully saturated rings. The molecule has 5 nitrogen and oxygen atoms in total. The predicted octanol–water partition coefficient (Wildman–Crippen LogP) is 2.26. The van der Waals surface area contributed by atoms with E-state index >= 15 is 0 Å². The van der Waals surface area contributed by atoms with Gasteiger partial charge in [0.15, 0.2) is 0 Å². The second-order valence-electron chi connectivity index (χ2n) is 4.73. The van der Waals surface area contributed by atoms with Crippen LogP contribution in [-0.4, -0.2) is 13.5 Å². The summed E-state index contributed by atoms with van der Waals surface area (Å²) in [6.45, 7) is 2.52. The molecule has 0 aliphatic carbocycles. The smallest absolute Gasteiger partial charge is 0.241 e. The lowest BCUT2D eigenvalue weighted by molar-refractivity contribution is 0.275. The quantitative estimate of drug-likeness (QED) is 0.887. The van der Waals surface area contributed by atoms with Crippen LogP contribution in [0.4, 0.5) is 4.39 Å². The van der Waals surface area contributed by atoms with E-state index in [-0.39, 0.29) is 16.0 Å². The van der Waals surface area contributed by atoms with Gasteiger partial charge in [0.05, 0.1) is 23.8 Å². The molecular weight excluding hydrogens is 297 g/mol. The maximum Gasteiger partial charge on any atom is 0.241 e. The summed E-state index contributed by atoms with van der Waals surface area (Å²) in [5, 5.41) is 9.09.